The summed E-state index contributed by atoms with van der Waals surface area (Å²) in [6.07, 6.45) is 1.92. The van der Waals surface area contributed by atoms with Crippen LogP contribution in [0, 0.1) is 6.92 Å². The molecule has 0 saturated carbocycles. The number of aliphatic hydroxyl groups is 1. The molecule has 0 unspecified atom stereocenters. The summed E-state index contributed by atoms with van der Waals surface area (Å²) >= 11 is 0. The van der Waals surface area contributed by atoms with Crippen molar-refractivity contribution in [2.24, 2.45) is 0 Å². The SMILES string of the molecule is Cc1ccc(C2=C(O)c3cccn3-c3ccccc3O2)cc1. The summed E-state index contributed by atoms with van der Waals surface area (Å²) < 4.78 is 7.98. The number of benzene rings is 2. The molecule has 1 aliphatic rings. The highest BCUT2D eigenvalue weighted by Gasteiger charge is 2.22. The molecular formula is C19H15NO2. The number of nitrogens with zero attached hydrogens (tertiary/aromatic N) is 1. The molecule has 2 heterocycles. The van der Waals surface area contributed by atoms with Crippen LogP contribution in [-0.2, 0) is 0 Å². The number of fused-ring (bicyclic) bond motifs is 3. The Labute approximate surface area is 128 Å². The van der Waals surface area contributed by atoms with Crippen molar-refractivity contribution < 1.29 is 9.84 Å². The molecule has 22 heavy (non-hydrogen) atoms. The minimum absolute atomic E-state index is 0.144. The number of rotatable bonds is 1. The van der Waals surface area contributed by atoms with Gasteiger partial charge in [0.15, 0.2) is 17.3 Å². The van der Waals surface area contributed by atoms with E-state index in [1.165, 1.54) is 5.56 Å². The molecular weight excluding hydrogens is 274 g/mol. The molecule has 0 radical (unpaired) electrons. The average molecular weight is 289 g/mol. The lowest BCUT2D eigenvalue weighted by Crippen LogP contribution is -1.98. The Kier molecular flexibility index (Phi) is 2.79. The zero-order valence-electron chi connectivity index (χ0n) is 12.2. The molecule has 0 fully saturated rings. The van der Waals surface area contributed by atoms with Gasteiger partial charge in [0.05, 0.1) is 11.4 Å². The number of aryl methyl sites for hydroxylation is 1. The highest BCUT2D eigenvalue weighted by molar-refractivity contribution is 5.85. The van der Waals surface area contributed by atoms with Crippen LogP contribution < -0.4 is 4.74 Å². The summed E-state index contributed by atoms with van der Waals surface area (Å²) in [5.74, 6) is 1.34. The van der Waals surface area contributed by atoms with Crippen molar-refractivity contribution >= 4 is 11.5 Å². The zero-order valence-corrected chi connectivity index (χ0v) is 12.2. The van der Waals surface area contributed by atoms with Gasteiger partial charge in [-0.3, -0.25) is 0 Å². The van der Waals surface area contributed by atoms with Crippen LogP contribution in [-0.4, -0.2) is 9.67 Å². The van der Waals surface area contributed by atoms with Gasteiger partial charge in [0.25, 0.3) is 0 Å². The van der Waals surface area contributed by atoms with Crippen molar-refractivity contribution in [2.75, 3.05) is 0 Å². The summed E-state index contributed by atoms with van der Waals surface area (Å²) in [5.41, 5.74) is 3.66. The van der Waals surface area contributed by atoms with E-state index in [2.05, 4.69) is 0 Å². The Morgan fingerprint density at radius 3 is 2.50 bits per heavy atom. The van der Waals surface area contributed by atoms with Gasteiger partial charge < -0.3 is 14.4 Å². The van der Waals surface area contributed by atoms with E-state index >= 15 is 0 Å². The Bertz CT molecular complexity index is 872. The first-order valence-electron chi connectivity index (χ1n) is 7.19. The predicted octanol–water partition coefficient (Wildman–Crippen LogP) is 4.56. The molecule has 0 amide bonds. The van der Waals surface area contributed by atoms with Crippen LogP contribution in [0.25, 0.3) is 17.2 Å². The minimum atomic E-state index is 0.144. The molecule has 0 aliphatic carbocycles. The van der Waals surface area contributed by atoms with E-state index in [0.717, 1.165) is 22.7 Å². The third kappa shape index (κ3) is 1.91. The van der Waals surface area contributed by atoms with Crippen LogP contribution in [0.3, 0.4) is 0 Å². The molecule has 3 heteroatoms. The maximum atomic E-state index is 10.7. The van der Waals surface area contributed by atoms with Crippen LogP contribution >= 0.6 is 0 Å². The highest BCUT2D eigenvalue weighted by atomic mass is 16.5. The quantitative estimate of drug-likeness (QED) is 0.712. The fraction of sp³-hybridized carbons (Fsp3) is 0.0526. The Morgan fingerprint density at radius 2 is 1.68 bits per heavy atom. The van der Waals surface area contributed by atoms with E-state index in [-0.39, 0.29) is 5.76 Å². The van der Waals surface area contributed by atoms with Crippen LogP contribution in [0.5, 0.6) is 5.75 Å². The van der Waals surface area contributed by atoms with Gasteiger partial charge in [-0.1, -0.05) is 42.0 Å². The predicted molar refractivity (Wildman–Crippen MR) is 87.0 cm³/mol. The van der Waals surface area contributed by atoms with Crippen molar-refractivity contribution in [1.82, 2.24) is 4.57 Å². The number of aromatic nitrogens is 1. The molecule has 0 spiro atoms. The second kappa shape index (κ2) is 4.81. The Hall–Kier alpha value is -2.94. The summed E-state index contributed by atoms with van der Waals surface area (Å²) in [7, 11) is 0. The highest BCUT2D eigenvalue weighted by Crippen LogP contribution is 2.36. The molecule has 3 aromatic rings. The van der Waals surface area contributed by atoms with Gasteiger partial charge in [-0.15, -0.1) is 0 Å². The number of para-hydroxylation sites is 2. The molecule has 108 valence electrons. The molecule has 1 aromatic heterocycles. The monoisotopic (exact) mass is 289 g/mol. The van der Waals surface area contributed by atoms with Crippen molar-refractivity contribution in [3.63, 3.8) is 0 Å². The lowest BCUT2D eigenvalue weighted by molar-refractivity contribution is 0.468. The number of hydrogen-bond acceptors (Lipinski definition) is 2. The maximum absolute atomic E-state index is 10.7. The lowest BCUT2D eigenvalue weighted by Gasteiger charge is -2.11. The third-order valence-electron chi connectivity index (χ3n) is 3.86. The van der Waals surface area contributed by atoms with Gasteiger partial charge in [-0.25, -0.2) is 0 Å². The van der Waals surface area contributed by atoms with Crippen molar-refractivity contribution in [1.29, 1.82) is 0 Å². The van der Waals surface area contributed by atoms with Gasteiger partial charge in [-0.2, -0.15) is 0 Å². The largest absolute Gasteiger partial charge is 0.503 e. The van der Waals surface area contributed by atoms with E-state index in [1.54, 1.807) is 0 Å². The van der Waals surface area contributed by atoms with E-state index in [4.69, 9.17) is 4.74 Å². The molecule has 1 aliphatic heterocycles. The lowest BCUT2D eigenvalue weighted by atomic mass is 10.1. The summed E-state index contributed by atoms with van der Waals surface area (Å²) in [6.45, 7) is 2.03. The second-order valence-electron chi connectivity index (χ2n) is 5.38. The molecule has 3 nitrogen and oxygen atoms in total. The zero-order chi connectivity index (χ0) is 15.1. The van der Waals surface area contributed by atoms with Gasteiger partial charge >= 0.3 is 0 Å². The fourth-order valence-corrected chi connectivity index (χ4v) is 2.70. The van der Waals surface area contributed by atoms with Crippen molar-refractivity contribution in [3.05, 3.63) is 83.7 Å². The van der Waals surface area contributed by atoms with Crippen LogP contribution in [0.15, 0.2) is 66.9 Å². The first-order valence-corrected chi connectivity index (χ1v) is 7.19. The van der Waals surface area contributed by atoms with Crippen molar-refractivity contribution in [2.45, 2.75) is 6.92 Å². The van der Waals surface area contributed by atoms with E-state index in [1.807, 2.05) is 78.4 Å². The number of aliphatic hydroxyl groups excluding tert-OH is 1. The Balaban J connectivity index is 1.97. The average Bonchev–Trinajstić information content (AvgIpc) is 2.99. The molecule has 0 bridgehead atoms. The molecule has 0 atom stereocenters. The summed E-state index contributed by atoms with van der Waals surface area (Å²) in [5, 5.41) is 10.7. The Morgan fingerprint density at radius 1 is 0.909 bits per heavy atom. The number of hydrogen-bond donors (Lipinski definition) is 1. The second-order valence-corrected chi connectivity index (χ2v) is 5.38. The van der Waals surface area contributed by atoms with E-state index in [0.29, 0.717) is 5.76 Å². The first kappa shape index (κ1) is 12.8. The summed E-state index contributed by atoms with van der Waals surface area (Å²) in [6, 6.07) is 19.5. The van der Waals surface area contributed by atoms with Gasteiger partial charge in [-0.05, 0) is 31.2 Å². The van der Waals surface area contributed by atoms with E-state index in [9.17, 15) is 5.11 Å². The van der Waals surface area contributed by atoms with Gasteiger partial charge in [0.1, 0.15) is 0 Å². The van der Waals surface area contributed by atoms with Gasteiger partial charge in [0, 0.05) is 11.8 Å². The molecule has 0 saturated heterocycles. The fourth-order valence-electron chi connectivity index (χ4n) is 2.70. The summed E-state index contributed by atoms with van der Waals surface area (Å²) in [4.78, 5) is 0. The normalized spacial score (nSPS) is 13.1. The topological polar surface area (TPSA) is 34.4 Å². The minimum Gasteiger partial charge on any atom is -0.503 e. The molecule has 4 rings (SSSR count). The van der Waals surface area contributed by atoms with Crippen LogP contribution in [0.1, 0.15) is 16.8 Å². The van der Waals surface area contributed by atoms with Crippen molar-refractivity contribution in [3.8, 4) is 11.4 Å². The van der Waals surface area contributed by atoms with Crippen LogP contribution in [0.4, 0.5) is 0 Å². The molecule has 2 aromatic carbocycles. The third-order valence-corrected chi connectivity index (χ3v) is 3.86. The maximum Gasteiger partial charge on any atom is 0.183 e. The first-order chi connectivity index (χ1) is 10.7. The standard InChI is InChI=1S/C19H15NO2/c1-13-8-10-14(11-9-13)19-18(21)16-6-4-12-20(16)15-5-2-3-7-17(15)22-19/h2-12,21H,1H3. The number of ether oxygens (including phenoxy) is 1. The van der Waals surface area contributed by atoms with E-state index < -0.39 is 0 Å². The van der Waals surface area contributed by atoms with Gasteiger partial charge in [0.2, 0.25) is 0 Å². The molecule has 1 N–H and O–H groups in total. The smallest absolute Gasteiger partial charge is 0.183 e. The van der Waals surface area contributed by atoms with Crippen LogP contribution in [0.2, 0.25) is 0 Å².